The summed E-state index contributed by atoms with van der Waals surface area (Å²) in [6.07, 6.45) is 0. The van der Waals surface area contributed by atoms with E-state index in [-0.39, 0.29) is 40.6 Å². The van der Waals surface area contributed by atoms with Crippen LogP contribution < -0.4 is 0 Å². The third-order valence-electron chi connectivity index (χ3n) is 0. The number of halogens is 2. The molecule has 0 saturated carbocycles. The van der Waals surface area contributed by atoms with Gasteiger partial charge in [0.15, 0.2) is 0 Å². The Bertz CT molecular complexity index is 17.7. The van der Waals surface area contributed by atoms with Gasteiger partial charge in [0.2, 0.25) is 0 Å². The molecule has 0 aromatic carbocycles. The van der Waals surface area contributed by atoms with E-state index in [0.29, 0.717) is 0 Å². The van der Waals surface area contributed by atoms with Crippen LogP contribution >= 0.6 is 43.1 Å². The second kappa shape index (κ2) is 62.3. The molecule has 7 heavy (non-hydrogen) atoms. The topological polar surface area (TPSA) is 37.3 Å². The highest BCUT2D eigenvalue weighted by atomic mass is 79.9. The van der Waals surface area contributed by atoms with Gasteiger partial charge in [0, 0.05) is 6.61 Å². The molecule has 0 bridgehead atoms. The highest BCUT2D eigenvalue weighted by Gasteiger charge is 1.34. The van der Waals surface area contributed by atoms with Gasteiger partial charge in [-0.15, -0.1) is 34.0 Å². The molecule has 0 aliphatic heterocycles. The smallest absolute Gasteiger partial charge is 0.138 e. The average Bonchev–Trinajstić information content (AvgIpc) is 1.46. The Morgan fingerprint density at radius 2 is 1.43 bits per heavy atom. The number of hydrogen-bond donors (Lipinski definition) is 1. The zero-order valence-electron chi connectivity index (χ0n) is 3.88. The summed E-state index contributed by atoms with van der Waals surface area (Å²) in [6.45, 7) is 1.93. The van der Waals surface area contributed by atoms with Crippen LogP contribution in [0.25, 0.3) is 0 Å². The Morgan fingerprint density at radius 1 is 1.43 bits per heavy atom. The molecule has 1 N–H and O–H groups in total. The van der Waals surface area contributed by atoms with Crippen LogP contribution in [0.4, 0.5) is 0 Å². The minimum atomic E-state index is 0. The summed E-state index contributed by atoms with van der Waals surface area (Å²) in [4.78, 5) is 0. The van der Waals surface area contributed by atoms with Gasteiger partial charge in [0.1, 0.15) is 9.12 Å². The first-order chi connectivity index (χ1) is 2.41. The van der Waals surface area contributed by atoms with Crippen LogP contribution in [0.15, 0.2) is 0 Å². The lowest BCUT2D eigenvalue weighted by Crippen LogP contribution is -1.57. The van der Waals surface area contributed by atoms with Crippen LogP contribution in [0.5, 0.6) is 0 Å². The predicted octanol–water partition coefficient (Wildman–Crippen LogP) is 1.63. The number of aliphatic hydroxyl groups is 1. The molecular formula is C2H9Br2O2P. The molecule has 0 atom stereocenters. The second-order valence-electron chi connectivity index (χ2n) is 0.316. The van der Waals surface area contributed by atoms with Crippen molar-refractivity contribution in [3.8, 4) is 0 Å². The Morgan fingerprint density at radius 3 is 1.43 bits per heavy atom. The maximum atomic E-state index is 8.06. The fourth-order valence-corrected chi connectivity index (χ4v) is 0. The molecule has 0 aromatic heterocycles. The maximum absolute atomic E-state index is 8.06. The molecule has 0 radical (unpaired) electrons. The summed E-state index contributed by atoms with van der Waals surface area (Å²) in [5.74, 6) is 0. The molecule has 0 saturated heterocycles. The molecule has 0 aliphatic carbocycles. The van der Waals surface area contributed by atoms with E-state index in [1.165, 1.54) is 0 Å². The van der Waals surface area contributed by atoms with Gasteiger partial charge in [-0.3, -0.25) is 4.57 Å². The van der Waals surface area contributed by atoms with E-state index < -0.39 is 0 Å². The van der Waals surface area contributed by atoms with Crippen molar-refractivity contribution in [2.75, 3.05) is 6.61 Å². The van der Waals surface area contributed by atoms with Gasteiger partial charge in [-0.1, -0.05) is 0 Å². The van der Waals surface area contributed by atoms with Gasteiger partial charge in [-0.05, 0) is 6.92 Å². The number of aliphatic hydroxyl groups excluding tert-OH is 1. The van der Waals surface area contributed by atoms with Crippen molar-refractivity contribution < 1.29 is 9.67 Å². The first-order valence-corrected chi connectivity index (χ1v) is 1.64. The second-order valence-corrected chi connectivity index (χ2v) is 0.316. The largest absolute Gasteiger partial charge is 0.397 e. The highest BCUT2D eigenvalue weighted by molar-refractivity contribution is 8.93. The van der Waals surface area contributed by atoms with E-state index in [0.717, 1.165) is 0 Å². The SMILES string of the molecule is Br.Br.CCO.O=P. The molecule has 0 amide bonds. The highest BCUT2D eigenvalue weighted by Crippen LogP contribution is 1.30. The predicted molar refractivity (Wildman–Crippen MR) is 42.4 cm³/mol. The third-order valence-corrected chi connectivity index (χ3v) is 0. The first kappa shape index (κ1) is 24.5. The minimum Gasteiger partial charge on any atom is -0.397 e. The van der Waals surface area contributed by atoms with E-state index in [1.807, 2.05) is 0 Å². The normalized spacial score (nSPS) is 3.14. The molecule has 0 aromatic rings. The third kappa shape index (κ3) is 170. The number of rotatable bonds is 0. The summed E-state index contributed by atoms with van der Waals surface area (Å²) in [5.41, 5.74) is 0. The van der Waals surface area contributed by atoms with E-state index in [2.05, 4.69) is 0 Å². The van der Waals surface area contributed by atoms with Gasteiger partial charge in [-0.2, -0.15) is 0 Å². The maximum Gasteiger partial charge on any atom is 0.138 e. The minimum absolute atomic E-state index is 0. The molecule has 2 nitrogen and oxygen atoms in total. The molecule has 0 unspecified atom stereocenters. The molecule has 0 spiro atoms. The lowest BCUT2D eigenvalue weighted by Gasteiger charge is -1.52. The summed E-state index contributed by atoms with van der Waals surface area (Å²) < 4.78 is 8.06. The van der Waals surface area contributed by atoms with Crippen LogP contribution in [-0.4, -0.2) is 11.7 Å². The van der Waals surface area contributed by atoms with Crippen molar-refractivity contribution in [1.29, 1.82) is 0 Å². The number of hydrogen-bond acceptors (Lipinski definition) is 2. The molecule has 0 rings (SSSR count). The Kier molecular flexibility index (Phi) is 218. The van der Waals surface area contributed by atoms with Gasteiger partial charge in [-0.25, -0.2) is 0 Å². The van der Waals surface area contributed by atoms with Gasteiger partial charge in [0.05, 0.1) is 0 Å². The van der Waals surface area contributed by atoms with E-state index >= 15 is 0 Å². The lowest BCUT2D eigenvalue weighted by atomic mass is 10.9. The van der Waals surface area contributed by atoms with Crippen LogP contribution in [0.3, 0.4) is 0 Å². The van der Waals surface area contributed by atoms with E-state index in [9.17, 15) is 0 Å². The van der Waals surface area contributed by atoms with E-state index in [1.54, 1.807) is 16.0 Å². The molecule has 0 heterocycles. The standard InChI is InChI=1S/C2H6O.2BrH.HOP/c1-2-3;;;1-2/h3H,2H2,1H3;2*1H;2H. The summed E-state index contributed by atoms with van der Waals surface area (Å²) >= 11 is 0. The van der Waals surface area contributed by atoms with Crippen molar-refractivity contribution in [2.45, 2.75) is 6.92 Å². The van der Waals surface area contributed by atoms with Crippen molar-refractivity contribution >= 4 is 43.1 Å². The average molecular weight is 256 g/mol. The first-order valence-electron chi connectivity index (χ1n) is 1.23. The van der Waals surface area contributed by atoms with Crippen molar-refractivity contribution in [3.05, 3.63) is 0 Å². The summed E-state index contributed by atoms with van der Waals surface area (Å²) in [6, 6.07) is 0. The molecular weight excluding hydrogens is 247 g/mol. The fourth-order valence-electron chi connectivity index (χ4n) is 0. The van der Waals surface area contributed by atoms with Crippen LogP contribution in [0, 0.1) is 0 Å². The molecule has 0 aliphatic rings. The zero-order chi connectivity index (χ0) is 4.71. The molecule has 48 valence electrons. The van der Waals surface area contributed by atoms with Crippen molar-refractivity contribution in [3.63, 3.8) is 0 Å². The van der Waals surface area contributed by atoms with Crippen molar-refractivity contribution in [2.24, 2.45) is 0 Å². The van der Waals surface area contributed by atoms with Crippen LogP contribution in [0.2, 0.25) is 0 Å². The van der Waals surface area contributed by atoms with Crippen molar-refractivity contribution in [1.82, 2.24) is 0 Å². The molecule has 0 fully saturated rings. The van der Waals surface area contributed by atoms with E-state index in [4.69, 9.17) is 9.67 Å². The Hall–Kier alpha value is 1.02. The van der Waals surface area contributed by atoms with Gasteiger partial charge >= 0.3 is 0 Å². The zero-order valence-corrected chi connectivity index (χ0v) is 8.31. The Labute approximate surface area is 66.5 Å². The van der Waals surface area contributed by atoms with Crippen LogP contribution in [0.1, 0.15) is 6.92 Å². The Balaban J connectivity index is -0.0000000105. The lowest BCUT2D eigenvalue weighted by molar-refractivity contribution is 0.318. The molecule has 5 heteroatoms. The summed E-state index contributed by atoms with van der Waals surface area (Å²) in [5, 5.41) is 7.57. The van der Waals surface area contributed by atoms with Gasteiger partial charge < -0.3 is 5.11 Å². The van der Waals surface area contributed by atoms with Gasteiger partial charge in [0.25, 0.3) is 0 Å². The fraction of sp³-hybridized carbons (Fsp3) is 1.00. The summed E-state index contributed by atoms with van der Waals surface area (Å²) in [7, 11) is 1.72. The quantitative estimate of drug-likeness (QED) is 0.668. The van der Waals surface area contributed by atoms with Crippen LogP contribution in [-0.2, 0) is 4.57 Å². The monoisotopic (exact) mass is 254 g/mol.